The van der Waals surface area contributed by atoms with Gasteiger partial charge < -0.3 is 15.0 Å². The SMILES string of the molecule is CN=C(NCCc1ccccc1F)N(C)Cc1csc(C(C)OC)n1.I. The Bertz CT molecular complexity index is 710. The van der Waals surface area contributed by atoms with Crippen molar-refractivity contribution in [3.8, 4) is 0 Å². The normalized spacial score (nSPS) is 12.4. The topological polar surface area (TPSA) is 49.8 Å². The van der Waals surface area contributed by atoms with Crippen LogP contribution in [0.5, 0.6) is 0 Å². The van der Waals surface area contributed by atoms with Crippen molar-refractivity contribution in [1.29, 1.82) is 0 Å². The van der Waals surface area contributed by atoms with E-state index < -0.39 is 0 Å². The van der Waals surface area contributed by atoms with E-state index in [-0.39, 0.29) is 35.9 Å². The molecule has 0 aliphatic heterocycles. The van der Waals surface area contributed by atoms with Crippen molar-refractivity contribution >= 4 is 41.3 Å². The van der Waals surface area contributed by atoms with Gasteiger partial charge in [0.25, 0.3) is 0 Å². The van der Waals surface area contributed by atoms with Crippen molar-refractivity contribution in [2.75, 3.05) is 27.7 Å². The number of benzene rings is 1. The molecule has 0 radical (unpaired) electrons. The van der Waals surface area contributed by atoms with Crippen molar-refractivity contribution in [3.05, 3.63) is 51.7 Å². The number of hydrogen-bond acceptors (Lipinski definition) is 4. The molecule has 2 rings (SSSR count). The molecule has 1 aromatic heterocycles. The third kappa shape index (κ3) is 6.48. The Kier molecular flexibility index (Phi) is 10.0. The van der Waals surface area contributed by atoms with Crippen molar-refractivity contribution in [2.24, 2.45) is 4.99 Å². The fraction of sp³-hybridized carbons (Fsp3) is 0.444. The van der Waals surface area contributed by atoms with E-state index in [4.69, 9.17) is 4.74 Å². The van der Waals surface area contributed by atoms with Gasteiger partial charge in [-0.25, -0.2) is 9.37 Å². The van der Waals surface area contributed by atoms with Crippen LogP contribution < -0.4 is 5.32 Å². The number of hydrogen-bond donors (Lipinski definition) is 1. The first kappa shape index (κ1) is 22.8. The summed E-state index contributed by atoms with van der Waals surface area (Å²) < 4.78 is 18.9. The quantitative estimate of drug-likeness (QED) is 0.363. The molecule has 0 aliphatic carbocycles. The Labute approximate surface area is 175 Å². The van der Waals surface area contributed by atoms with Gasteiger partial charge in [0, 0.05) is 33.1 Å². The first-order valence-electron chi connectivity index (χ1n) is 8.17. The van der Waals surface area contributed by atoms with Crippen LogP contribution >= 0.6 is 35.3 Å². The minimum atomic E-state index is -0.171. The van der Waals surface area contributed by atoms with E-state index >= 15 is 0 Å². The summed E-state index contributed by atoms with van der Waals surface area (Å²) in [6.45, 7) is 3.24. The summed E-state index contributed by atoms with van der Waals surface area (Å²) in [7, 11) is 5.37. The Balaban J connectivity index is 0.00000338. The number of rotatable bonds is 7. The summed E-state index contributed by atoms with van der Waals surface area (Å²) in [5.41, 5.74) is 1.68. The average Bonchev–Trinajstić information content (AvgIpc) is 3.07. The third-order valence-electron chi connectivity index (χ3n) is 3.88. The van der Waals surface area contributed by atoms with Gasteiger partial charge in [-0.15, -0.1) is 35.3 Å². The number of aromatic nitrogens is 1. The molecular formula is C18H26FIN4OS. The first-order valence-corrected chi connectivity index (χ1v) is 9.05. The molecule has 1 N–H and O–H groups in total. The van der Waals surface area contributed by atoms with Crippen LogP contribution in [0.2, 0.25) is 0 Å². The molecule has 1 unspecified atom stereocenters. The highest BCUT2D eigenvalue weighted by molar-refractivity contribution is 14.0. The summed E-state index contributed by atoms with van der Waals surface area (Å²) in [6.07, 6.45) is 0.605. The molecule has 0 saturated heterocycles. The number of nitrogens with one attached hydrogen (secondary N) is 1. The average molecular weight is 492 g/mol. The number of aliphatic imine (C=N–C) groups is 1. The second-order valence-electron chi connectivity index (χ2n) is 5.73. The lowest BCUT2D eigenvalue weighted by molar-refractivity contribution is 0.119. The molecule has 0 amide bonds. The Hall–Kier alpha value is -1.26. The zero-order valence-corrected chi connectivity index (χ0v) is 18.7. The van der Waals surface area contributed by atoms with Crippen LogP contribution in [0.3, 0.4) is 0 Å². The summed E-state index contributed by atoms with van der Waals surface area (Å²) in [5.74, 6) is 0.584. The van der Waals surface area contributed by atoms with E-state index in [0.29, 0.717) is 25.1 Å². The molecule has 0 fully saturated rings. The predicted octanol–water partition coefficient (Wildman–Crippen LogP) is 3.86. The molecule has 0 bridgehead atoms. The number of methoxy groups -OCH3 is 1. The van der Waals surface area contributed by atoms with E-state index in [1.807, 2.05) is 30.3 Å². The van der Waals surface area contributed by atoms with Gasteiger partial charge in [0.1, 0.15) is 16.9 Å². The maximum Gasteiger partial charge on any atom is 0.193 e. The summed E-state index contributed by atoms with van der Waals surface area (Å²) in [6, 6.07) is 6.83. The molecule has 144 valence electrons. The third-order valence-corrected chi connectivity index (χ3v) is 4.93. The number of thiazole rings is 1. The highest BCUT2D eigenvalue weighted by atomic mass is 127. The van der Waals surface area contributed by atoms with Crippen LogP contribution in [0, 0.1) is 5.82 Å². The number of ether oxygens (including phenoxy) is 1. The van der Waals surface area contributed by atoms with Gasteiger partial charge in [0.05, 0.1) is 12.2 Å². The summed E-state index contributed by atoms with van der Waals surface area (Å²) >= 11 is 1.60. The Morgan fingerprint density at radius 1 is 1.42 bits per heavy atom. The lowest BCUT2D eigenvalue weighted by Crippen LogP contribution is -2.39. The molecule has 5 nitrogen and oxygen atoms in total. The monoisotopic (exact) mass is 492 g/mol. The molecule has 1 heterocycles. The van der Waals surface area contributed by atoms with Gasteiger partial charge in [0.15, 0.2) is 5.96 Å². The van der Waals surface area contributed by atoms with Crippen LogP contribution in [0.1, 0.15) is 29.3 Å². The lowest BCUT2D eigenvalue weighted by Gasteiger charge is -2.21. The van der Waals surface area contributed by atoms with E-state index in [0.717, 1.165) is 16.7 Å². The smallest absolute Gasteiger partial charge is 0.193 e. The fourth-order valence-corrected chi connectivity index (χ4v) is 3.24. The van der Waals surface area contributed by atoms with E-state index in [2.05, 4.69) is 15.3 Å². The zero-order valence-electron chi connectivity index (χ0n) is 15.5. The maximum atomic E-state index is 13.7. The molecule has 1 atom stereocenters. The molecule has 0 aliphatic rings. The second kappa shape index (κ2) is 11.5. The van der Waals surface area contributed by atoms with Crippen LogP contribution in [0.25, 0.3) is 0 Å². The van der Waals surface area contributed by atoms with Gasteiger partial charge >= 0.3 is 0 Å². The van der Waals surface area contributed by atoms with Crippen molar-refractivity contribution in [1.82, 2.24) is 15.2 Å². The van der Waals surface area contributed by atoms with E-state index in [1.165, 1.54) is 6.07 Å². The first-order chi connectivity index (χ1) is 12.0. The van der Waals surface area contributed by atoms with Gasteiger partial charge in [-0.05, 0) is 25.0 Å². The summed E-state index contributed by atoms with van der Waals surface area (Å²) in [4.78, 5) is 10.9. The van der Waals surface area contributed by atoms with Crippen LogP contribution in [0.4, 0.5) is 4.39 Å². The standard InChI is InChI=1S/C18H25FN4OS.HI/c1-13(24-4)17-22-15(12-25-17)11-23(3)18(20-2)21-10-9-14-7-5-6-8-16(14)19;/h5-8,12-13H,9-11H2,1-4H3,(H,20,21);1H. The molecule has 0 saturated carbocycles. The molecule has 1 aromatic carbocycles. The van der Waals surface area contributed by atoms with Crippen LogP contribution in [0.15, 0.2) is 34.6 Å². The Morgan fingerprint density at radius 2 is 2.15 bits per heavy atom. The van der Waals surface area contributed by atoms with Crippen molar-refractivity contribution in [2.45, 2.75) is 26.0 Å². The van der Waals surface area contributed by atoms with Crippen molar-refractivity contribution < 1.29 is 9.13 Å². The van der Waals surface area contributed by atoms with Gasteiger partial charge in [-0.1, -0.05) is 18.2 Å². The summed E-state index contributed by atoms with van der Waals surface area (Å²) in [5, 5.41) is 6.27. The second-order valence-corrected chi connectivity index (χ2v) is 6.62. The fourth-order valence-electron chi connectivity index (χ4n) is 2.40. The number of halogens is 2. The van der Waals surface area contributed by atoms with Gasteiger partial charge in [0.2, 0.25) is 0 Å². The highest BCUT2D eigenvalue weighted by Crippen LogP contribution is 2.20. The number of guanidine groups is 1. The molecular weight excluding hydrogens is 466 g/mol. The minimum absolute atomic E-state index is 0. The zero-order chi connectivity index (χ0) is 18.2. The van der Waals surface area contributed by atoms with Gasteiger partial charge in [-0.3, -0.25) is 4.99 Å². The molecule has 2 aromatic rings. The maximum absolute atomic E-state index is 13.7. The molecule has 0 spiro atoms. The Morgan fingerprint density at radius 3 is 2.81 bits per heavy atom. The predicted molar refractivity (Wildman–Crippen MR) is 116 cm³/mol. The van der Waals surface area contributed by atoms with E-state index in [9.17, 15) is 4.39 Å². The minimum Gasteiger partial charge on any atom is -0.375 e. The highest BCUT2D eigenvalue weighted by Gasteiger charge is 2.12. The van der Waals surface area contributed by atoms with Crippen LogP contribution in [-0.2, 0) is 17.7 Å². The van der Waals surface area contributed by atoms with E-state index in [1.54, 1.807) is 37.6 Å². The van der Waals surface area contributed by atoms with Crippen molar-refractivity contribution in [3.63, 3.8) is 0 Å². The largest absolute Gasteiger partial charge is 0.375 e. The molecule has 8 heteroatoms. The molecule has 26 heavy (non-hydrogen) atoms. The lowest BCUT2D eigenvalue weighted by atomic mass is 10.1. The van der Waals surface area contributed by atoms with Crippen LogP contribution in [-0.4, -0.2) is 43.6 Å². The van der Waals surface area contributed by atoms with Gasteiger partial charge in [-0.2, -0.15) is 0 Å². The number of nitrogens with zero attached hydrogens (tertiary/aromatic N) is 3.